The molecule has 0 spiro atoms. The second kappa shape index (κ2) is 7.84. The predicted octanol–water partition coefficient (Wildman–Crippen LogP) is 5.28. The smallest absolute Gasteiger partial charge is 0.271 e. The van der Waals surface area contributed by atoms with Crippen LogP contribution in [0.2, 0.25) is 5.02 Å². The fourth-order valence-corrected chi connectivity index (χ4v) is 2.90. The van der Waals surface area contributed by atoms with Gasteiger partial charge in [-0.2, -0.15) is 5.10 Å². The van der Waals surface area contributed by atoms with E-state index in [1.807, 2.05) is 43.3 Å². The Morgan fingerprint density at radius 2 is 2.04 bits per heavy atom. The summed E-state index contributed by atoms with van der Waals surface area (Å²) in [4.78, 5) is 12.0. The maximum Gasteiger partial charge on any atom is 0.271 e. The van der Waals surface area contributed by atoms with Gasteiger partial charge in [0.2, 0.25) is 0 Å². The molecule has 2 aromatic carbocycles. The third-order valence-electron chi connectivity index (χ3n) is 3.53. The Morgan fingerprint density at radius 3 is 2.80 bits per heavy atom. The van der Waals surface area contributed by atoms with Crippen molar-refractivity contribution in [3.63, 3.8) is 0 Å². The molecule has 4 nitrogen and oxygen atoms in total. The van der Waals surface area contributed by atoms with Gasteiger partial charge in [0.05, 0.1) is 6.21 Å². The van der Waals surface area contributed by atoms with Gasteiger partial charge in [-0.15, -0.1) is 0 Å². The van der Waals surface area contributed by atoms with Gasteiger partial charge in [0.25, 0.3) is 5.91 Å². The lowest BCUT2D eigenvalue weighted by atomic mass is 10.1. The largest absolute Gasteiger partial charge is 0.455 e. The number of rotatable bonds is 4. The maximum atomic E-state index is 12.0. The van der Waals surface area contributed by atoms with Crippen LogP contribution in [0.25, 0.3) is 11.3 Å². The quantitative estimate of drug-likeness (QED) is 0.325. The zero-order valence-electron chi connectivity index (χ0n) is 13.3. The minimum Gasteiger partial charge on any atom is -0.455 e. The summed E-state index contributed by atoms with van der Waals surface area (Å²) in [6.07, 6.45) is 1.46. The van der Waals surface area contributed by atoms with Crippen LogP contribution in [-0.4, -0.2) is 12.1 Å². The van der Waals surface area contributed by atoms with Gasteiger partial charge < -0.3 is 4.42 Å². The van der Waals surface area contributed by atoms with E-state index in [9.17, 15) is 4.79 Å². The summed E-state index contributed by atoms with van der Waals surface area (Å²) < 4.78 is 6.70. The number of halogens is 2. The lowest BCUT2D eigenvalue weighted by Gasteiger charge is -2.01. The maximum absolute atomic E-state index is 12.0. The van der Waals surface area contributed by atoms with Gasteiger partial charge in [-0.3, -0.25) is 4.79 Å². The van der Waals surface area contributed by atoms with Crippen LogP contribution in [0, 0.1) is 10.5 Å². The highest BCUT2D eigenvalue weighted by molar-refractivity contribution is 14.1. The molecule has 0 fully saturated rings. The number of hydrazone groups is 1. The zero-order valence-corrected chi connectivity index (χ0v) is 16.2. The summed E-state index contributed by atoms with van der Waals surface area (Å²) in [5, 5.41) is 4.63. The van der Waals surface area contributed by atoms with Crippen LogP contribution in [0.3, 0.4) is 0 Å². The van der Waals surface area contributed by atoms with Crippen LogP contribution < -0.4 is 5.43 Å². The summed E-state index contributed by atoms with van der Waals surface area (Å²) in [5.74, 6) is 0.953. The van der Waals surface area contributed by atoms with Crippen LogP contribution in [0.4, 0.5) is 0 Å². The number of nitrogens with one attached hydrogen (secondary N) is 1. The molecule has 3 aromatic rings. The molecule has 1 aromatic heterocycles. The van der Waals surface area contributed by atoms with Crippen molar-refractivity contribution in [2.45, 2.75) is 6.92 Å². The molecule has 1 heterocycles. The molecule has 1 amide bonds. The van der Waals surface area contributed by atoms with Gasteiger partial charge in [-0.05, 0) is 71.5 Å². The fourth-order valence-electron chi connectivity index (χ4n) is 2.17. The number of carbonyl (C=O) groups is 1. The normalized spacial score (nSPS) is 11.0. The van der Waals surface area contributed by atoms with Gasteiger partial charge in [0, 0.05) is 19.7 Å². The molecule has 0 bridgehead atoms. The van der Waals surface area contributed by atoms with E-state index in [2.05, 4.69) is 33.1 Å². The number of hydrogen-bond donors (Lipinski definition) is 1. The Labute approximate surface area is 164 Å². The van der Waals surface area contributed by atoms with E-state index in [4.69, 9.17) is 16.0 Å². The molecule has 0 saturated heterocycles. The number of hydrogen-bond acceptors (Lipinski definition) is 3. The Bertz CT molecular complexity index is 950. The number of furan rings is 1. The molecular formula is C19H14ClIN2O2. The molecule has 6 heteroatoms. The predicted molar refractivity (Wildman–Crippen MR) is 108 cm³/mol. The second-order valence-corrected chi connectivity index (χ2v) is 7.03. The average Bonchev–Trinajstić information content (AvgIpc) is 3.06. The van der Waals surface area contributed by atoms with Crippen molar-refractivity contribution in [2.24, 2.45) is 5.10 Å². The third-order valence-corrected chi connectivity index (χ3v) is 4.61. The molecule has 0 aliphatic rings. The van der Waals surface area contributed by atoms with E-state index in [0.717, 1.165) is 14.7 Å². The first kappa shape index (κ1) is 17.7. The number of nitrogens with zero attached hydrogens (tertiary/aromatic N) is 1. The lowest BCUT2D eigenvalue weighted by molar-refractivity contribution is 0.0955. The molecule has 126 valence electrons. The summed E-state index contributed by atoms with van der Waals surface area (Å²) in [7, 11) is 0. The van der Waals surface area contributed by atoms with Gasteiger partial charge in [-0.1, -0.05) is 29.8 Å². The minimum absolute atomic E-state index is 0.271. The summed E-state index contributed by atoms with van der Waals surface area (Å²) in [5.41, 5.74) is 4.94. The standard InChI is InChI=1S/C19H14ClIN2O2/c1-12-5-6-13(10-17(12)20)18-8-7-16(25-18)11-22-23-19(24)14-3-2-4-15(21)9-14/h2-11H,1H3,(H,23,24)/b22-11+. The van der Waals surface area contributed by atoms with Crippen LogP contribution in [-0.2, 0) is 0 Å². The van der Waals surface area contributed by atoms with Gasteiger partial charge >= 0.3 is 0 Å². The van der Waals surface area contributed by atoms with Crippen LogP contribution in [0.5, 0.6) is 0 Å². The van der Waals surface area contributed by atoms with E-state index in [1.54, 1.807) is 18.2 Å². The summed E-state index contributed by atoms with van der Waals surface area (Å²) >= 11 is 8.30. The van der Waals surface area contributed by atoms with Crippen molar-refractivity contribution in [3.8, 4) is 11.3 Å². The first-order chi connectivity index (χ1) is 12.0. The highest BCUT2D eigenvalue weighted by Crippen LogP contribution is 2.26. The van der Waals surface area contributed by atoms with Crippen molar-refractivity contribution in [1.29, 1.82) is 0 Å². The Hall–Kier alpha value is -2.12. The third kappa shape index (κ3) is 4.49. The van der Waals surface area contributed by atoms with Crippen molar-refractivity contribution < 1.29 is 9.21 Å². The second-order valence-electron chi connectivity index (χ2n) is 5.38. The van der Waals surface area contributed by atoms with Crippen LogP contribution in [0.15, 0.2) is 64.1 Å². The van der Waals surface area contributed by atoms with E-state index in [1.165, 1.54) is 6.21 Å². The topological polar surface area (TPSA) is 54.6 Å². The monoisotopic (exact) mass is 464 g/mol. The zero-order chi connectivity index (χ0) is 17.8. The van der Waals surface area contributed by atoms with Crippen LogP contribution >= 0.6 is 34.2 Å². The molecule has 0 saturated carbocycles. The molecule has 3 rings (SSSR count). The summed E-state index contributed by atoms with van der Waals surface area (Å²) in [6.45, 7) is 1.95. The Morgan fingerprint density at radius 1 is 1.20 bits per heavy atom. The Balaban J connectivity index is 1.67. The number of carbonyl (C=O) groups excluding carboxylic acids is 1. The van der Waals surface area contributed by atoms with E-state index in [-0.39, 0.29) is 5.91 Å². The lowest BCUT2D eigenvalue weighted by Crippen LogP contribution is -2.17. The molecular weight excluding hydrogens is 451 g/mol. The van der Waals surface area contributed by atoms with Crippen LogP contribution in [0.1, 0.15) is 21.7 Å². The molecule has 0 atom stereocenters. The molecule has 0 aliphatic carbocycles. The molecule has 1 N–H and O–H groups in total. The van der Waals surface area contributed by atoms with E-state index >= 15 is 0 Å². The highest BCUT2D eigenvalue weighted by Gasteiger charge is 2.06. The van der Waals surface area contributed by atoms with Crippen molar-refractivity contribution in [1.82, 2.24) is 5.43 Å². The number of benzene rings is 2. The first-order valence-corrected chi connectivity index (χ1v) is 8.94. The molecule has 0 unspecified atom stereocenters. The van der Waals surface area contributed by atoms with Crippen molar-refractivity contribution in [3.05, 3.63) is 80.1 Å². The first-order valence-electron chi connectivity index (χ1n) is 7.48. The molecule has 0 radical (unpaired) electrons. The minimum atomic E-state index is -0.271. The fraction of sp³-hybridized carbons (Fsp3) is 0.0526. The highest BCUT2D eigenvalue weighted by atomic mass is 127. The molecule has 0 aliphatic heterocycles. The number of amides is 1. The average molecular weight is 465 g/mol. The van der Waals surface area contributed by atoms with Gasteiger partial charge in [0.15, 0.2) is 0 Å². The molecule has 25 heavy (non-hydrogen) atoms. The van der Waals surface area contributed by atoms with Gasteiger partial charge in [0.1, 0.15) is 11.5 Å². The van der Waals surface area contributed by atoms with E-state index < -0.39 is 0 Å². The Kier molecular flexibility index (Phi) is 5.55. The number of aryl methyl sites for hydroxylation is 1. The van der Waals surface area contributed by atoms with E-state index in [0.29, 0.717) is 22.1 Å². The van der Waals surface area contributed by atoms with Gasteiger partial charge in [-0.25, -0.2) is 5.43 Å². The van der Waals surface area contributed by atoms with Crippen molar-refractivity contribution in [2.75, 3.05) is 0 Å². The SMILES string of the molecule is Cc1ccc(-c2ccc(/C=N/NC(=O)c3cccc(I)c3)o2)cc1Cl. The van der Waals surface area contributed by atoms with Crippen molar-refractivity contribution >= 4 is 46.3 Å². The summed E-state index contributed by atoms with van der Waals surface area (Å²) in [6, 6.07) is 16.6.